The number of aliphatic hydroxyl groups excluding tert-OH is 1. The Morgan fingerprint density at radius 1 is 1.17 bits per heavy atom. The van der Waals surface area contributed by atoms with Crippen LogP contribution < -0.4 is 10.6 Å². The lowest BCUT2D eigenvalue weighted by atomic mass is 10.2. The predicted octanol–water partition coefficient (Wildman–Crippen LogP) is 3.62. The SMILES string of the molecule is C[C@H](CO)NC(=O)c1ccc(NCc2cc3ccccc3s2)cc1. The Bertz CT molecular complexity index is 794. The summed E-state index contributed by atoms with van der Waals surface area (Å²) in [5.41, 5.74) is 1.56. The molecule has 0 aliphatic carbocycles. The molecule has 2 aromatic carbocycles. The van der Waals surface area contributed by atoms with Gasteiger partial charge in [0.2, 0.25) is 0 Å². The van der Waals surface area contributed by atoms with Gasteiger partial charge in [-0.15, -0.1) is 11.3 Å². The normalized spacial score (nSPS) is 12.1. The molecular formula is C19H20N2O2S. The highest BCUT2D eigenvalue weighted by molar-refractivity contribution is 7.19. The monoisotopic (exact) mass is 340 g/mol. The zero-order valence-corrected chi connectivity index (χ0v) is 14.3. The number of hydrogen-bond donors (Lipinski definition) is 3. The summed E-state index contributed by atoms with van der Waals surface area (Å²) in [4.78, 5) is 13.2. The maximum atomic E-state index is 12.0. The zero-order valence-electron chi connectivity index (χ0n) is 13.5. The summed E-state index contributed by atoms with van der Waals surface area (Å²) in [6, 6.07) is 17.7. The Hall–Kier alpha value is -2.37. The Labute approximate surface area is 145 Å². The van der Waals surface area contributed by atoms with Crippen LogP contribution in [0.25, 0.3) is 10.1 Å². The molecule has 0 saturated carbocycles. The largest absolute Gasteiger partial charge is 0.394 e. The maximum absolute atomic E-state index is 12.0. The molecule has 0 aliphatic heterocycles. The van der Waals surface area contributed by atoms with E-state index in [1.54, 1.807) is 30.4 Å². The van der Waals surface area contributed by atoms with E-state index in [4.69, 9.17) is 5.11 Å². The fourth-order valence-corrected chi connectivity index (χ4v) is 3.41. The van der Waals surface area contributed by atoms with Crippen LogP contribution in [-0.4, -0.2) is 23.7 Å². The molecule has 1 aromatic heterocycles. The number of amides is 1. The number of benzene rings is 2. The zero-order chi connectivity index (χ0) is 16.9. The first kappa shape index (κ1) is 16.5. The van der Waals surface area contributed by atoms with E-state index in [9.17, 15) is 4.79 Å². The second kappa shape index (κ2) is 7.47. The number of fused-ring (bicyclic) bond motifs is 1. The summed E-state index contributed by atoms with van der Waals surface area (Å²) in [5.74, 6) is -0.174. The molecule has 124 valence electrons. The van der Waals surface area contributed by atoms with Crippen molar-refractivity contribution in [1.29, 1.82) is 0 Å². The van der Waals surface area contributed by atoms with Crippen LogP contribution in [0.2, 0.25) is 0 Å². The highest BCUT2D eigenvalue weighted by Crippen LogP contribution is 2.25. The molecule has 24 heavy (non-hydrogen) atoms. The van der Waals surface area contributed by atoms with Crippen molar-refractivity contribution in [3.8, 4) is 0 Å². The lowest BCUT2D eigenvalue weighted by Gasteiger charge is -2.11. The minimum Gasteiger partial charge on any atom is -0.394 e. The van der Waals surface area contributed by atoms with Gasteiger partial charge in [-0.1, -0.05) is 18.2 Å². The molecule has 4 nitrogen and oxygen atoms in total. The van der Waals surface area contributed by atoms with Crippen molar-refractivity contribution >= 4 is 33.0 Å². The van der Waals surface area contributed by atoms with Gasteiger partial charge in [0.25, 0.3) is 5.91 Å². The van der Waals surface area contributed by atoms with Crippen LogP contribution in [0, 0.1) is 0 Å². The maximum Gasteiger partial charge on any atom is 0.251 e. The Morgan fingerprint density at radius 3 is 2.62 bits per heavy atom. The minimum atomic E-state index is -0.247. The first-order valence-electron chi connectivity index (χ1n) is 7.89. The second-order valence-corrected chi connectivity index (χ2v) is 6.91. The molecule has 0 unspecified atom stereocenters. The molecule has 3 N–H and O–H groups in total. The van der Waals surface area contributed by atoms with Gasteiger partial charge in [-0.2, -0.15) is 0 Å². The Balaban J connectivity index is 1.60. The fraction of sp³-hybridized carbons (Fsp3) is 0.211. The van der Waals surface area contributed by atoms with Gasteiger partial charge in [0.05, 0.1) is 6.61 Å². The average Bonchev–Trinajstić information content (AvgIpc) is 3.03. The van der Waals surface area contributed by atoms with Gasteiger partial charge in [-0.3, -0.25) is 4.79 Å². The summed E-state index contributed by atoms with van der Waals surface area (Å²) in [7, 11) is 0. The van der Waals surface area contributed by atoms with Crippen molar-refractivity contribution in [3.63, 3.8) is 0 Å². The molecule has 0 saturated heterocycles. The number of thiophene rings is 1. The lowest BCUT2D eigenvalue weighted by Crippen LogP contribution is -2.34. The third kappa shape index (κ3) is 3.93. The summed E-state index contributed by atoms with van der Waals surface area (Å²) in [6.07, 6.45) is 0. The first-order chi connectivity index (χ1) is 11.7. The molecular weight excluding hydrogens is 320 g/mol. The van der Waals surface area contributed by atoms with Gasteiger partial charge >= 0.3 is 0 Å². The number of rotatable bonds is 6. The van der Waals surface area contributed by atoms with Crippen molar-refractivity contribution < 1.29 is 9.90 Å². The van der Waals surface area contributed by atoms with Crippen LogP contribution in [-0.2, 0) is 6.54 Å². The molecule has 1 heterocycles. The van der Waals surface area contributed by atoms with Gasteiger partial charge in [0.15, 0.2) is 0 Å². The molecule has 1 amide bonds. The second-order valence-electron chi connectivity index (χ2n) is 5.74. The van der Waals surface area contributed by atoms with Gasteiger partial charge < -0.3 is 15.7 Å². The molecule has 0 spiro atoms. The molecule has 0 bridgehead atoms. The van der Waals surface area contributed by atoms with Crippen LogP contribution in [0.5, 0.6) is 0 Å². The number of nitrogens with one attached hydrogen (secondary N) is 2. The summed E-state index contributed by atoms with van der Waals surface area (Å²) >= 11 is 1.78. The van der Waals surface area contributed by atoms with Crippen molar-refractivity contribution in [2.45, 2.75) is 19.5 Å². The van der Waals surface area contributed by atoms with Gasteiger partial charge in [0, 0.05) is 33.4 Å². The van der Waals surface area contributed by atoms with Crippen molar-refractivity contribution in [3.05, 3.63) is 65.0 Å². The average molecular weight is 340 g/mol. The summed E-state index contributed by atoms with van der Waals surface area (Å²) in [6.45, 7) is 2.45. The van der Waals surface area contributed by atoms with E-state index < -0.39 is 0 Å². The van der Waals surface area contributed by atoms with Crippen molar-refractivity contribution in [2.24, 2.45) is 0 Å². The molecule has 1 atom stereocenters. The van der Waals surface area contributed by atoms with Crippen LogP contribution in [0.1, 0.15) is 22.2 Å². The van der Waals surface area contributed by atoms with Crippen molar-refractivity contribution in [1.82, 2.24) is 5.32 Å². The standard InChI is InChI=1S/C19H20N2O2S/c1-13(12-22)21-19(23)14-6-8-16(9-7-14)20-11-17-10-15-4-2-3-5-18(15)24-17/h2-10,13,20,22H,11-12H2,1H3,(H,21,23)/t13-/m1/s1. The van der Waals surface area contributed by atoms with Crippen LogP contribution in [0.15, 0.2) is 54.6 Å². The quantitative estimate of drug-likeness (QED) is 0.642. The third-order valence-electron chi connectivity index (χ3n) is 3.74. The van der Waals surface area contributed by atoms with Crippen LogP contribution >= 0.6 is 11.3 Å². The highest BCUT2D eigenvalue weighted by atomic mass is 32.1. The first-order valence-corrected chi connectivity index (χ1v) is 8.70. The molecule has 0 radical (unpaired) electrons. The number of aliphatic hydroxyl groups is 1. The fourth-order valence-electron chi connectivity index (χ4n) is 2.41. The van der Waals surface area contributed by atoms with E-state index in [-0.39, 0.29) is 18.6 Å². The number of hydrogen-bond acceptors (Lipinski definition) is 4. The number of anilines is 1. The van der Waals surface area contributed by atoms with E-state index in [0.717, 1.165) is 12.2 Å². The summed E-state index contributed by atoms with van der Waals surface area (Å²) < 4.78 is 1.29. The predicted molar refractivity (Wildman–Crippen MR) is 99.6 cm³/mol. The Morgan fingerprint density at radius 2 is 1.92 bits per heavy atom. The molecule has 3 rings (SSSR count). The molecule has 0 fully saturated rings. The van der Waals surface area contributed by atoms with Gasteiger partial charge in [0.1, 0.15) is 0 Å². The smallest absolute Gasteiger partial charge is 0.251 e. The minimum absolute atomic E-state index is 0.0689. The molecule has 3 aromatic rings. The third-order valence-corrected chi connectivity index (χ3v) is 4.86. The summed E-state index contributed by atoms with van der Waals surface area (Å²) in [5, 5.41) is 16.4. The van der Waals surface area contributed by atoms with Gasteiger partial charge in [-0.25, -0.2) is 0 Å². The number of carbonyl (C=O) groups excluding carboxylic acids is 1. The number of carbonyl (C=O) groups is 1. The van der Waals surface area contributed by atoms with E-state index in [2.05, 4.69) is 34.9 Å². The Kier molecular flexibility index (Phi) is 5.13. The molecule has 5 heteroatoms. The van der Waals surface area contributed by atoms with E-state index in [1.165, 1.54) is 15.0 Å². The van der Waals surface area contributed by atoms with E-state index >= 15 is 0 Å². The van der Waals surface area contributed by atoms with Crippen LogP contribution in [0.3, 0.4) is 0 Å². The van der Waals surface area contributed by atoms with E-state index in [0.29, 0.717) is 5.56 Å². The van der Waals surface area contributed by atoms with Crippen LogP contribution in [0.4, 0.5) is 5.69 Å². The van der Waals surface area contributed by atoms with Crippen molar-refractivity contribution in [2.75, 3.05) is 11.9 Å². The lowest BCUT2D eigenvalue weighted by molar-refractivity contribution is 0.0922. The van der Waals surface area contributed by atoms with Gasteiger partial charge in [-0.05, 0) is 48.7 Å². The van der Waals surface area contributed by atoms with E-state index in [1.807, 2.05) is 18.2 Å². The topological polar surface area (TPSA) is 61.4 Å². The highest BCUT2D eigenvalue weighted by Gasteiger charge is 2.08. The molecule has 0 aliphatic rings.